The SMILES string of the molecule is CO[C@@H]1C[C@H]2[C@@H]3CC[C@H]([C@H](C)CCc4cc(C)ncn4)[C@@]3(C)CC[C@@H]2[C@@]2(C)CC[C@@H]3CC312. The number of aryl methyl sites for hydroxylation is 2. The van der Waals surface area contributed by atoms with Crippen molar-refractivity contribution in [3.05, 3.63) is 23.8 Å². The van der Waals surface area contributed by atoms with Crippen LogP contribution in [0.5, 0.6) is 0 Å². The van der Waals surface area contributed by atoms with E-state index >= 15 is 0 Å². The van der Waals surface area contributed by atoms with Gasteiger partial charge in [0.15, 0.2) is 0 Å². The van der Waals surface area contributed by atoms with E-state index in [-0.39, 0.29) is 0 Å². The van der Waals surface area contributed by atoms with Gasteiger partial charge in [0.25, 0.3) is 0 Å². The molecule has 1 spiro atoms. The third kappa shape index (κ3) is 2.75. The van der Waals surface area contributed by atoms with Crippen molar-refractivity contribution in [3.63, 3.8) is 0 Å². The molecule has 0 bridgehead atoms. The highest BCUT2D eigenvalue weighted by Gasteiger charge is 2.77. The van der Waals surface area contributed by atoms with Gasteiger partial charge in [-0.15, -0.1) is 0 Å². The topological polar surface area (TPSA) is 35.0 Å². The first-order chi connectivity index (χ1) is 15.3. The maximum absolute atomic E-state index is 6.30. The van der Waals surface area contributed by atoms with Crippen molar-refractivity contribution in [1.82, 2.24) is 9.97 Å². The van der Waals surface area contributed by atoms with Crippen molar-refractivity contribution < 1.29 is 4.74 Å². The number of rotatable bonds is 5. The van der Waals surface area contributed by atoms with E-state index in [0.717, 1.165) is 47.6 Å². The summed E-state index contributed by atoms with van der Waals surface area (Å²) in [4.78, 5) is 8.81. The van der Waals surface area contributed by atoms with Gasteiger partial charge < -0.3 is 4.74 Å². The van der Waals surface area contributed by atoms with Crippen LogP contribution in [0.2, 0.25) is 0 Å². The standard InChI is InChI=1S/C29H44N2O/c1-18(6-7-21-14-19(2)30-17-31-21)23-8-9-24-22-15-26(32-5)29-16-20(29)10-13-28(29,4)25(22)11-12-27(23,24)3/h14,17-18,20,22-26H,6-13,15-16H2,1-5H3/t18-,20-,22+,23-,24+,25+,26-,27-,28-,29?/m1/s1. The van der Waals surface area contributed by atoms with E-state index in [4.69, 9.17) is 4.74 Å². The number of aromatic nitrogens is 2. The minimum Gasteiger partial charge on any atom is -0.381 e. The van der Waals surface area contributed by atoms with Crippen LogP contribution in [0.1, 0.15) is 89.9 Å². The molecule has 0 saturated heterocycles. The van der Waals surface area contributed by atoms with E-state index in [1.165, 1.54) is 63.5 Å². The molecule has 1 heterocycles. The molecule has 10 atom stereocenters. The van der Waals surface area contributed by atoms with Crippen LogP contribution in [-0.2, 0) is 11.2 Å². The Labute approximate surface area is 195 Å². The highest BCUT2D eigenvalue weighted by Crippen LogP contribution is 2.82. The Morgan fingerprint density at radius 3 is 2.69 bits per heavy atom. The van der Waals surface area contributed by atoms with Gasteiger partial charge in [0.05, 0.1) is 6.10 Å². The molecule has 0 radical (unpaired) electrons. The summed E-state index contributed by atoms with van der Waals surface area (Å²) in [6.45, 7) is 10.0. The van der Waals surface area contributed by atoms with Crippen molar-refractivity contribution in [2.24, 2.45) is 51.8 Å². The predicted molar refractivity (Wildman–Crippen MR) is 128 cm³/mol. The fourth-order valence-electron chi connectivity index (χ4n) is 10.8. The second-order valence-corrected chi connectivity index (χ2v) is 13.1. The molecule has 0 aliphatic heterocycles. The maximum Gasteiger partial charge on any atom is 0.115 e. The fraction of sp³-hybridized carbons (Fsp3) is 0.862. The molecular formula is C29H44N2O. The van der Waals surface area contributed by atoms with Crippen LogP contribution in [0.3, 0.4) is 0 Å². The molecule has 3 nitrogen and oxygen atoms in total. The van der Waals surface area contributed by atoms with E-state index < -0.39 is 0 Å². The van der Waals surface area contributed by atoms with Crippen LogP contribution in [0.4, 0.5) is 0 Å². The van der Waals surface area contributed by atoms with Crippen molar-refractivity contribution in [3.8, 4) is 0 Å². The zero-order valence-electron chi connectivity index (χ0n) is 21.1. The minimum absolute atomic E-state index is 0.529. The van der Waals surface area contributed by atoms with Crippen molar-refractivity contribution in [2.75, 3.05) is 7.11 Å². The summed E-state index contributed by atoms with van der Waals surface area (Å²) < 4.78 is 6.30. The Kier molecular flexibility index (Phi) is 4.90. The molecule has 0 aromatic carbocycles. The van der Waals surface area contributed by atoms with Gasteiger partial charge in [0.2, 0.25) is 0 Å². The lowest BCUT2D eigenvalue weighted by Gasteiger charge is -2.61. The number of ether oxygens (including phenoxy) is 1. The Morgan fingerprint density at radius 2 is 1.94 bits per heavy atom. The molecule has 1 unspecified atom stereocenters. The Morgan fingerprint density at radius 1 is 1.09 bits per heavy atom. The third-order valence-corrected chi connectivity index (χ3v) is 12.3. The first kappa shape index (κ1) is 21.6. The predicted octanol–water partition coefficient (Wildman–Crippen LogP) is 6.64. The fourth-order valence-corrected chi connectivity index (χ4v) is 10.8. The molecule has 3 heteroatoms. The van der Waals surface area contributed by atoms with Gasteiger partial charge in [-0.3, -0.25) is 0 Å². The summed E-state index contributed by atoms with van der Waals surface area (Å²) >= 11 is 0. The second kappa shape index (κ2) is 7.27. The lowest BCUT2D eigenvalue weighted by atomic mass is 9.45. The molecule has 0 N–H and O–H groups in total. The summed E-state index contributed by atoms with van der Waals surface area (Å²) in [5.74, 6) is 5.40. The van der Waals surface area contributed by atoms with E-state index in [2.05, 4.69) is 43.7 Å². The first-order valence-electron chi connectivity index (χ1n) is 13.6. The van der Waals surface area contributed by atoms with Crippen LogP contribution in [0, 0.1) is 58.7 Å². The van der Waals surface area contributed by atoms with Gasteiger partial charge in [0.1, 0.15) is 6.33 Å². The molecule has 1 aromatic rings. The summed E-state index contributed by atoms with van der Waals surface area (Å²) in [7, 11) is 2.02. The van der Waals surface area contributed by atoms with Crippen molar-refractivity contribution >= 4 is 0 Å². The van der Waals surface area contributed by atoms with Gasteiger partial charge in [0, 0.05) is 23.9 Å². The zero-order chi connectivity index (χ0) is 22.3. The molecule has 5 fully saturated rings. The molecule has 5 aliphatic rings. The Hall–Kier alpha value is -0.960. The molecule has 5 aliphatic carbocycles. The summed E-state index contributed by atoms with van der Waals surface area (Å²) in [6.07, 6.45) is 16.2. The Balaban J connectivity index is 1.21. The van der Waals surface area contributed by atoms with Crippen molar-refractivity contribution in [2.45, 2.75) is 98.0 Å². The number of hydrogen-bond donors (Lipinski definition) is 0. The van der Waals surface area contributed by atoms with Crippen LogP contribution in [0.15, 0.2) is 12.4 Å². The van der Waals surface area contributed by atoms with E-state index in [1.54, 1.807) is 6.33 Å². The van der Waals surface area contributed by atoms with E-state index in [1.807, 2.05) is 7.11 Å². The monoisotopic (exact) mass is 436 g/mol. The van der Waals surface area contributed by atoms with Crippen LogP contribution in [0.25, 0.3) is 0 Å². The first-order valence-corrected chi connectivity index (χ1v) is 13.6. The van der Waals surface area contributed by atoms with Gasteiger partial charge in [-0.2, -0.15) is 0 Å². The summed E-state index contributed by atoms with van der Waals surface area (Å²) in [5.41, 5.74) is 3.95. The lowest BCUT2D eigenvalue weighted by molar-refractivity contribution is -0.161. The average molecular weight is 437 g/mol. The zero-order valence-corrected chi connectivity index (χ0v) is 21.1. The quantitative estimate of drug-likeness (QED) is 0.519. The average Bonchev–Trinajstić information content (AvgIpc) is 3.28. The molecule has 0 amide bonds. The Bertz CT molecular complexity index is 886. The molecular weight excluding hydrogens is 392 g/mol. The third-order valence-electron chi connectivity index (χ3n) is 12.3. The molecule has 176 valence electrons. The lowest BCUT2D eigenvalue weighted by Crippen LogP contribution is -2.57. The number of hydrogen-bond acceptors (Lipinski definition) is 3. The van der Waals surface area contributed by atoms with E-state index in [9.17, 15) is 0 Å². The molecule has 1 aromatic heterocycles. The van der Waals surface area contributed by atoms with Crippen LogP contribution >= 0.6 is 0 Å². The number of methoxy groups -OCH3 is 1. The smallest absolute Gasteiger partial charge is 0.115 e. The number of nitrogens with zero attached hydrogens (tertiary/aromatic N) is 2. The molecule has 6 rings (SSSR count). The van der Waals surface area contributed by atoms with Gasteiger partial charge >= 0.3 is 0 Å². The number of fused-ring (bicyclic) bond motifs is 4. The van der Waals surface area contributed by atoms with Crippen LogP contribution < -0.4 is 0 Å². The summed E-state index contributed by atoms with van der Waals surface area (Å²) in [6, 6.07) is 2.17. The largest absolute Gasteiger partial charge is 0.381 e. The highest BCUT2D eigenvalue weighted by atomic mass is 16.5. The van der Waals surface area contributed by atoms with Gasteiger partial charge in [-0.25, -0.2) is 9.97 Å². The second-order valence-electron chi connectivity index (χ2n) is 13.1. The van der Waals surface area contributed by atoms with Gasteiger partial charge in [-0.05, 0) is 124 Å². The molecule has 5 saturated carbocycles. The maximum atomic E-state index is 6.30. The normalized spacial score (nSPS) is 49.7. The van der Waals surface area contributed by atoms with E-state index in [0.29, 0.717) is 22.3 Å². The van der Waals surface area contributed by atoms with Crippen LogP contribution in [-0.4, -0.2) is 23.2 Å². The highest BCUT2D eigenvalue weighted by molar-refractivity contribution is 5.26. The van der Waals surface area contributed by atoms with Gasteiger partial charge in [-0.1, -0.05) is 20.8 Å². The molecule has 32 heavy (non-hydrogen) atoms. The summed E-state index contributed by atoms with van der Waals surface area (Å²) in [5, 5.41) is 0. The minimum atomic E-state index is 0.529. The van der Waals surface area contributed by atoms with Crippen molar-refractivity contribution in [1.29, 1.82) is 0 Å².